The fourth-order valence-corrected chi connectivity index (χ4v) is 9.19. The SMILES string of the molecule is C=CCCOC(=O)[C@H]1[C@H]2C(=O)N(CCO)C(C(=O)N(CC=C)C3CCCCC3)C23CC[C@]1(C)S3. The van der Waals surface area contributed by atoms with Crippen LogP contribution in [0.15, 0.2) is 25.3 Å². The molecule has 1 saturated carbocycles. The zero-order chi connectivity index (χ0) is 24.5. The molecule has 188 valence electrons. The number of thioether (sulfide) groups is 1. The molecule has 0 aromatic heterocycles. The third-order valence-corrected chi connectivity index (χ3v) is 10.3. The van der Waals surface area contributed by atoms with E-state index in [4.69, 9.17) is 4.74 Å². The normalized spacial score (nSPS) is 34.7. The van der Waals surface area contributed by atoms with Gasteiger partial charge in [0.2, 0.25) is 11.8 Å². The van der Waals surface area contributed by atoms with Gasteiger partial charge in [-0.3, -0.25) is 14.4 Å². The number of β-amino-alcohol motifs (C(OH)–C–C–N with tert-alkyl or cyclic N) is 1. The molecule has 1 aliphatic carbocycles. The van der Waals surface area contributed by atoms with Crippen molar-refractivity contribution >= 4 is 29.5 Å². The maximum absolute atomic E-state index is 14.2. The lowest BCUT2D eigenvalue weighted by atomic mass is 9.66. The molecule has 2 bridgehead atoms. The maximum Gasteiger partial charge on any atom is 0.311 e. The topological polar surface area (TPSA) is 87.1 Å². The summed E-state index contributed by atoms with van der Waals surface area (Å²) in [4.78, 5) is 44.8. The Morgan fingerprint density at radius 3 is 2.62 bits per heavy atom. The van der Waals surface area contributed by atoms with Crippen molar-refractivity contribution in [2.75, 3.05) is 26.3 Å². The Labute approximate surface area is 206 Å². The Kier molecular flexibility index (Phi) is 7.48. The number of aliphatic hydroxyl groups is 1. The number of esters is 1. The number of ether oxygens (including phenoxy) is 1. The molecule has 4 fully saturated rings. The van der Waals surface area contributed by atoms with Gasteiger partial charge in [-0.25, -0.2) is 0 Å². The molecule has 4 aliphatic rings. The van der Waals surface area contributed by atoms with Crippen LogP contribution in [0.3, 0.4) is 0 Å². The summed E-state index contributed by atoms with van der Waals surface area (Å²) in [7, 11) is 0. The Morgan fingerprint density at radius 2 is 1.97 bits per heavy atom. The van der Waals surface area contributed by atoms with E-state index in [1.54, 1.807) is 28.8 Å². The average molecular weight is 491 g/mol. The monoisotopic (exact) mass is 490 g/mol. The summed E-state index contributed by atoms with van der Waals surface area (Å²) in [6, 6.07) is -0.545. The highest BCUT2D eigenvalue weighted by Crippen LogP contribution is 2.71. The smallest absolute Gasteiger partial charge is 0.311 e. The van der Waals surface area contributed by atoms with E-state index in [9.17, 15) is 19.5 Å². The molecule has 3 saturated heterocycles. The summed E-state index contributed by atoms with van der Waals surface area (Å²) in [5.74, 6) is -1.82. The first-order valence-corrected chi connectivity index (χ1v) is 13.5. The number of nitrogens with zero attached hydrogens (tertiary/aromatic N) is 2. The maximum atomic E-state index is 14.2. The molecule has 0 aromatic carbocycles. The fraction of sp³-hybridized carbons (Fsp3) is 0.731. The molecule has 3 heterocycles. The third kappa shape index (κ3) is 4.00. The van der Waals surface area contributed by atoms with Gasteiger partial charge in [-0.15, -0.1) is 24.9 Å². The van der Waals surface area contributed by atoms with Crippen LogP contribution >= 0.6 is 11.8 Å². The van der Waals surface area contributed by atoms with Gasteiger partial charge in [-0.2, -0.15) is 0 Å². The first-order valence-electron chi connectivity index (χ1n) is 12.6. The zero-order valence-corrected chi connectivity index (χ0v) is 21.1. The molecule has 0 aromatic rings. The second-order valence-electron chi connectivity index (χ2n) is 10.3. The number of likely N-dealkylation sites (tertiary alicyclic amines) is 1. The largest absolute Gasteiger partial charge is 0.465 e. The summed E-state index contributed by atoms with van der Waals surface area (Å²) >= 11 is 1.64. The summed E-state index contributed by atoms with van der Waals surface area (Å²) in [5.41, 5.74) is 0. The Balaban J connectivity index is 1.69. The van der Waals surface area contributed by atoms with Crippen molar-refractivity contribution in [3.05, 3.63) is 25.3 Å². The van der Waals surface area contributed by atoms with Gasteiger partial charge < -0.3 is 19.6 Å². The van der Waals surface area contributed by atoms with Gasteiger partial charge in [-0.05, 0) is 39.0 Å². The summed E-state index contributed by atoms with van der Waals surface area (Å²) in [5, 5.41) is 9.79. The van der Waals surface area contributed by atoms with Gasteiger partial charge >= 0.3 is 5.97 Å². The number of hydrogen-bond acceptors (Lipinski definition) is 6. The fourth-order valence-electron chi connectivity index (χ4n) is 6.85. The lowest BCUT2D eigenvalue weighted by Crippen LogP contribution is -2.57. The van der Waals surface area contributed by atoms with Crippen molar-refractivity contribution in [1.82, 2.24) is 9.80 Å². The predicted molar refractivity (Wildman–Crippen MR) is 132 cm³/mol. The number of aliphatic hydroxyl groups excluding tert-OH is 1. The molecular weight excluding hydrogens is 452 g/mol. The van der Waals surface area contributed by atoms with Crippen molar-refractivity contribution in [2.45, 2.75) is 79.9 Å². The minimum Gasteiger partial charge on any atom is -0.465 e. The first-order chi connectivity index (χ1) is 16.3. The minimum atomic E-state index is -0.683. The van der Waals surface area contributed by atoms with Crippen LogP contribution in [0.5, 0.6) is 0 Å². The standard InChI is InChI=1S/C26H38N2O5S/c1-4-6-17-33-24(32)20-19-22(30)28(15-16-29)21(26(19)13-12-25(20,3)34-26)23(31)27(14-5-2)18-10-8-7-9-11-18/h4-5,18-21,29H,1-2,6-17H2,3H3/t19-,20+,21?,25-,26?/m0/s1. The quantitative estimate of drug-likeness (QED) is 0.288. The third-order valence-electron chi connectivity index (χ3n) is 8.30. The van der Waals surface area contributed by atoms with Crippen LogP contribution in [0.25, 0.3) is 0 Å². The Morgan fingerprint density at radius 1 is 1.24 bits per heavy atom. The van der Waals surface area contributed by atoms with E-state index >= 15 is 0 Å². The predicted octanol–water partition coefficient (Wildman–Crippen LogP) is 2.93. The summed E-state index contributed by atoms with van der Waals surface area (Å²) < 4.78 is 4.44. The van der Waals surface area contributed by atoms with Gasteiger partial charge in [-0.1, -0.05) is 31.4 Å². The molecule has 8 heteroatoms. The Hall–Kier alpha value is -1.80. The van der Waals surface area contributed by atoms with Gasteiger partial charge in [0, 0.05) is 23.9 Å². The highest BCUT2D eigenvalue weighted by atomic mass is 32.2. The van der Waals surface area contributed by atoms with Crippen LogP contribution in [0.4, 0.5) is 0 Å². The molecule has 34 heavy (non-hydrogen) atoms. The number of amides is 2. The molecule has 2 unspecified atom stereocenters. The van der Waals surface area contributed by atoms with E-state index in [2.05, 4.69) is 13.2 Å². The van der Waals surface area contributed by atoms with Crippen molar-refractivity contribution < 1.29 is 24.2 Å². The number of carbonyl (C=O) groups is 3. The van der Waals surface area contributed by atoms with Crippen LogP contribution < -0.4 is 0 Å². The second kappa shape index (κ2) is 10.1. The summed E-state index contributed by atoms with van der Waals surface area (Å²) in [6.45, 7) is 10.1. The number of rotatable bonds is 10. The van der Waals surface area contributed by atoms with Crippen molar-refractivity contribution in [2.24, 2.45) is 11.8 Å². The molecule has 7 nitrogen and oxygen atoms in total. The van der Waals surface area contributed by atoms with Crippen LogP contribution in [0, 0.1) is 11.8 Å². The van der Waals surface area contributed by atoms with E-state index < -0.39 is 27.4 Å². The van der Waals surface area contributed by atoms with E-state index in [0.717, 1.165) is 32.1 Å². The van der Waals surface area contributed by atoms with E-state index in [0.29, 0.717) is 19.4 Å². The van der Waals surface area contributed by atoms with Crippen molar-refractivity contribution in [3.63, 3.8) is 0 Å². The van der Waals surface area contributed by atoms with Crippen LogP contribution in [-0.2, 0) is 19.1 Å². The van der Waals surface area contributed by atoms with Crippen molar-refractivity contribution in [1.29, 1.82) is 0 Å². The molecule has 5 atom stereocenters. The lowest BCUT2D eigenvalue weighted by molar-refractivity contribution is -0.155. The molecule has 1 spiro atoms. The first kappa shape index (κ1) is 25.3. The van der Waals surface area contributed by atoms with E-state index in [-0.39, 0.29) is 43.6 Å². The van der Waals surface area contributed by atoms with Crippen molar-refractivity contribution in [3.8, 4) is 0 Å². The van der Waals surface area contributed by atoms with E-state index in [1.165, 1.54) is 6.42 Å². The Bertz CT molecular complexity index is 843. The zero-order valence-electron chi connectivity index (χ0n) is 20.2. The highest BCUT2D eigenvalue weighted by molar-refractivity contribution is 8.02. The highest BCUT2D eigenvalue weighted by Gasteiger charge is 2.77. The van der Waals surface area contributed by atoms with Gasteiger partial charge in [0.15, 0.2) is 0 Å². The number of hydrogen-bond donors (Lipinski definition) is 1. The molecule has 1 N–H and O–H groups in total. The van der Waals surface area contributed by atoms with Gasteiger partial charge in [0.1, 0.15) is 6.04 Å². The summed E-state index contributed by atoms with van der Waals surface area (Å²) in [6.07, 6.45) is 10.8. The average Bonchev–Trinajstić information content (AvgIpc) is 3.39. The molecule has 2 amide bonds. The number of carbonyl (C=O) groups excluding carboxylic acids is 3. The minimum absolute atomic E-state index is 0.0616. The molecule has 3 aliphatic heterocycles. The molecule has 0 radical (unpaired) electrons. The van der Waals surface area contributed by atoms with Gasteiger partial charge in [0.25, 0.3) is 0 Å². The second-order valence-corrected chi connectivity index (χ2v) is 12.2. The molecule has 4 rings (SSSR count). The van der Waals surface area contributed by atoms with Gasteiger partial charge in [0.05, 0.1) is 29.8 Å². The number of fused-ring (bicyclic) bond motifs is 1. The van der Waals surface area contributed by atoms with Crippen LogP contribution in [-0.4, -0.2) is 80.6 Å². The van der Waals surface area contributed by atoms with Crippen LogP contribution in [0.1, 0.15) is 58.3 Å². The molecular formula is C26H38N2O5S. The lowest BCUT2D eigenvalue weighted by Gasteiger charge is -2.41. The van der Waals surface area contributed by atoms with E-state index in [1.807, 2.05) is 11.8 Å². The van der Waals surface area contributed by atoms with Crippen LogP contribution in [0.2, 0.25) is 0 Å².